The van der Waals surface area contributed by atoms with Gasteiger partial charge in [0.25, 0.3) is 0 Å². The van der Waals surface area contributed by atoms with E-state index in [0.717, 1.165) is 0 Å². The molecule has 0 saturated carbocycles. The summed E-state index contributed by atoms with van der Waals surface area (Å²) in [5.41, 5.74) is 0.929. The number of nitrogens with zero attached hydrogens (tertiary/aromatic N) is 3. The maximum absolute atomic E-state index is 12.8. The fraction of sp³-hybridized carbons (Fsp3) is 0.500. The zero-order valence-corrected chi connectivity index (χ0v) is 22.1. The van der Waals surface area contributed by atoms with Crippen LogP contribution in [0.15, 0.2) is 30.5 Å². The number of hydrogen-bond donors (Lipinski definition) is 2. The van der Waals surface area contributed by atoms with E-state index in [1.165, 1.54) is 27.4 Å². The number of phenols is 1. The fourth-order valence-electron chi connectivity index (χ4n) is 3.75. The molecule has 1 aromatic carbocycles. The second-order valence-electron chi connectivity index (χ2n) is 8.49. The van der Waals surface area contributed by atoms with Gasteiger partial charge in [0.15, 0.2) is 0 Å². The van der Waals surface area contributed by atoms with Crippen LogP contribution in [-0.4, -0.2) is 104 Å². The minimum absolute atomic E-state index is 0.0246. The molecule has 2 aromatic rings. The van der Waals surface area contributed by atoms with E-state index in [0.29, 0.717) is 55.9 Å². The van der Waals surface area contributed by atoms with Crippen molar-refractivity contribution in [1.82, 2.24) is 14.8 Å². The largest absolute Gasteiger partial charge is 0.506 e. The average Bonchev–Trinajstić information content (AvgIpc) is 2.94. The summed E-state index contributed by atoms with van der Waals surface area (Å²) in [5.74, 6) is -1.29. The topological polar surface area (TPSA) is 148 Å². The summed E-state index contributed by atoms with van der Waals surface area (Å²) in [6, 6.07) is 6.58. The number of ether oxygens (including phenoxy) is 3. The number of nitrogens with one attached hydrogen (secondary N) is 1. The van der Waals surface area contributed by atoms with Crippen LogP contribution in [0, 0.1) is 0 Å². The van der Waals surface area contributed by atoms with Crippen LogP contribution in [0.1, 0.15) is 25.7 Å². The van der Waals surface area contributed by atoms with Crippen LogP contribution in [0.3, 0.4) is 0 Å². The number of hydrogen-bond acceptors (Lipinski definition) is 11. The molecule has 0 unspecified atom stereocenters. The maximum Gasteiger partial charge on any atom is 0.306 e. The van der Waals surface area contributed by atoms with E-state index in [9.17, 15) is 24.3 Å². The molecule has 0 spiro atoms. The van der Waals surface area contributed by atoms with E-state index in [2.05, 4.69) is 10.3 Å². The number of amides is 1. The van der Waals surface area contributed by atoms with Crippen molar-refractivity contribution in [2.75, 3.05) is 65.9 Å². The predicted molar refractivity (Wildman–Crippen MR) is 139 cm³/mol. The summed E-state index contributed by atoms with van der Waals surface area (Å²) in [6.07, 6.45) is 2.19. The van der Waals surface area contributed by atoms with Gasteiger partial charge >= 0.3 is 17.9 Å². The van der Waals surface area contributed by atoms with Crippen molar-refractivity contribution >= 4 is 40.4 Å². The molecule has 0 aliphatic heterocycles. The van der Waals surface area contributed by atoms with Crippen LogP contribution in [0.25, 0.3) is 10.9 Å². The first-order chi connectivity index (χ1) is 18.3. The Morgan fingerprint density at radius 2 is 1.26 bits per heavy atom. The number of methoxy groups -OCH3 is 3. The van der Waals surface area contributed by atoms with E-state index in [1.54, 1.807) is 24.4 Å². The molecule has 0 fully saturated rings. The summed E-state index contributed by atoms with van der Waals surface area (Å²) in [6.45, 7) is 2.48. The molecule has 0 saturated heterocycles. The van der Waals surface area contributed by atoms with Gasteiger partial charge in [-0.15, -0.1) is 0 Å². The molecule has 0 atom stereocenters. The van der Waals surface area contributed by atoms with Crippen molar-refractivity contribution in [2.24, 2.45) is 0 Å². The average molecular weight is 533 g/mol. The number of benzene rings is 1. The highest BCUT2D eigenvalue weighted by atomic mass is 16.5. The molecule has 1 heterocycles. The van der Waals surface area contributed by atoms with Gasteiger partial charge in [0.2, 0.25) is 5.91 Å². The molecule has 0 bridgehead atoms. The first-order valence-corrected chi connectivity index (χ1v) is 12.3. The number of rotatable bonds is 16. The number of carbonyl (C=O) groups is 4. The number of aromatic hydroxyl groups is 1. The molecular formula is C26H36N4O8. The van der Waals surface area contributed by atoms with Crippen LogP contribution in [0.5, 0.6) is 5.75 Å². The first-order valence-electron chi connectivity index (χ1n) is 12.3. The number of anilines is 1. The number of aromatic nitrogens is 1. The van der Waals surface area contributed by atoms with Gasteiger partial charge in [0.1, 0.15) is 11.3 Å². The number of phenolic OH excluding ortho intramolecular Hbond substituents is 1. The molecular weight excluding hydrogens is 496 g/mol. The first kappa shape index (κ1) is 30.5. The van der Waals surface area contributed by atoms with Crippen molar-refractivity contribution in [1.29, 1.82) is 0 Å². The predicted octanol–water partition coefficient (Wildman–Crippen LogP) is 1.56. The Kier molecular flexibility index (Phi) is 12.9. The highest BCUT2D eigenvalue weighted by molar-refractivity contribution is 6.02. The van der Waals surface area contributed by atoms with Gasteiger partial charge in [-0.3, -0.25) is 24.2 Å². The summed E-state index contributed by atoms with van der Waals surface area (Å²) in [7, 11) is 3.95. The Bertz CT molecular complexity index is 1070. The van der Waals surface area contributed by atoms with Crippen LogP contribution in [-0.2, 0) is 33.4 Å². The number of carbonyl (C=O) groups excluding carboxylic acids is 4. The molecule has 12 heteroatoms. The molecule has 208 valence electrons. The maximum atomic E-state index is 12.8. The standard InChI is InChI=1S/C26H36N4O8/c1-36-23(33)9-14-29(17-18-30(15-10-24(34)37-2)16-11-25(35)38-3)13-8-22(32)28-20-6-7-21(31)26-19(20)5-4-12-27-26/h4-7,12,31H,8-11,13-18H2,1-3H3,(H,28,32). The minimum atomic E-state index is -0.365. The lowest BCUT2D eigenvalue weighted by atomic mass is 10.1. The van der Waals surface area contributed by atoms with E-state index in [1.807, 2.05) is 9.80 Å². The molecule has 1 amide bonds. The Balaban J connectivity index is 2.01. The highest BCUT2D eigenvalue weighted by Crippen LogP contribution is 2.28. The molecule has 12 nitrogen and oxygen atoms in total. The van der Waals surface area contributed by atoms with Crippen LogP contribution in [0.4, 0.5) is 5.69 Å². The van der Waals surface area contributed by atoms with E-state index in [4.69, 9.17) is 14.2 Å². The van der Waals surface area contributed by atoms with Gasteiger partial charge in [-0.1, -0.05) is 0 Å². The van der Waals surface area contributed by atoms with Crippen molar-refractivity contribution < 1.29 is 38.5 Å². The lowest BCUT2D eigenvalue weighted by molar-refractivity contribution is -0.142. The van der Waals surface area contributed by atoms with Crippen molar-refractivity contribution in [3.8, 4) is 5.75 Å². The van der Waals surface area contributed by atoms with Gasteiger partial charge < -0.3 is 34.4 Å². The lowest BCUT2D eigenvalue weighted by Gasteiger charge is -2.27. The van der Waals surface area contributed by atoms with E-state index >= 15 is 0 Å². The van der Waals surface area contributed by atoms with Gasteiger partial charge in [-0.2, -0.15) is 0 Å². The summed E-state index contributed by atoms with van der Waals surface area (Å²) < 4.78 is 14.2. The monoisotopic (exact) mass is 532 g/mol. The van der Waals surface area contributed by atoms with Gasteiger partial charge in [-0.05, 0) is 24.3 Å². The minimum Gasteiger partial charge on any atom is -0.506 e. The number of pyridine rings is 1. The molecule has 0 radical (unpaired) electrons. The SMILES string of the molecule is COC(=O)CCN(CCC(=O)Nc1ccc(O)c2ncccc12)CCN(CCC(=O)OC)CCC(=O)OC. The Hall–Kier alpha value is -3.77. The third-order valence-corrected chi connectivity index (χ3v) is 5.99. The normalized spacial score (nSPS) is 11.0. The molecule has 1 aromatic heterocycles. The Morgan fingerprint density at radius 1 is 0.763 bits per heavy atom. The molecule has 0 aliphatic carbocycles. The van der Waals surface area contributed by atoms with Crippen LogP contribution >= 0.6 is 0 Å². The second-order valence-corrected chi connectivity index (χ2v) is 8.49. The number of esters is 3. The third-order valence-electron chi connectivity index (χ3n) is 5.99. The van der Waals surface area contributed by atoms with Gasteiger partial charge in [0.05, 0.1) is 46.3 Å². The Morgan fingerprint density at radius 3 is 1.76 bits per heavy atom. The van der Waals surface area contributed by atoms with Crippen LogP contribution < -0.4 is 5.32 Å². The third kappa shape index (κ3) is 10.3. The van der Waals surface area contributed by atoms with Crippen molar-refractivity contribution in [3.05, 3.63) is 30.5 Å². The Labute approximate surface area is 221 Å². The zero-order valence-electron chi connectivity index (χ0n) is 22.1. The highest BCUT2D eigenvalue weighted by Gasteiger charge is 2.16. The smallest absolute Gasteiger partial charge is 0.306 e. The molecule has 2 N–H and O–H groups in total. The summed E-state index contributed by atoms with van der Waals surface area (Å²) in [4.78, 5) is 55.8. The zero-order chi connectivity index (χ0) is 27.9. The molecule has 2 rings (SSSR count). The number of fused-ring (bicyclic) bond motifs is 1. The van der Waals surface area contributed by atoms with E-state index in [-0.39, 0.29) is 55.2 Å². The molecule has 0 aliphatic rings. The lowest BCUT2D eigenvalue weighted by Crippen LogP contribution is -2.39. The summed E-state index contributed by atoms with van der Waals surface area (Å²) >= 11 is 0. The summed E-state index contributed by atoms with van der Waals surface area (Å²) in [5, 5.41) is 13.5. The van der Waals surface area contributed by atoms with Crippen molar-refractivity contribution in [2.45, 2.75) is 25.7 Å². The van der Waals surface area contributed by atoms with Gasteiger partial charge in [-0.25, -0.2) is 0 Å². The second kappa shape index (κ2) is 16.2. The molecule has 38 heavy (non-hydrogen) atoms. The quantitative estimate of drug-likeness (QED) is 0.184. The fourth-order valence-corrected chi connectivity index (χ4v) is 3.75. The van der Waals surface area contributed by atoms with Crippen LogP contribution in [0.2, 0.25) is 0 Å². The van der Waals surface area contributed by atoms with Crippen molar-refractivity contribution in [3.63, 3.8) is 0 Å². The van der Waals surface area contributed by atoms with E-state index < -0.39 is 0 Å². The van der Waals surface area contributed by atoms with Gasteiger partial charge in [0, 0.05) is 57.3 Å².